The molecule has 14 heteroatoms. The van der Waals surface area contributed by atoms with Crippen LogP contribution in [0.5, 0.6) is 0 Å². The van der Waals surface area contributed by atoms with Gasteiger partial charge in [-0.25, -0.2) is 22.5 Å². The Kier molecular flexibility index (Phi) is 7.61. The van der Waals surface area contributed by atoms with Gasteiger partial charge in [-0.1, -0.05) is 0 Å². The summed E-state index contributed by atoms with van der Waals surface area (Å²) in [4.78, 5) is 31.4. The fraction of sp³-hybridized carbons (Fsp3) is 0.400. The van der Waals surface area contributed by atoms with Crippen LogP contribution in [0.1, 0.15) is 37.0 Å². The number of hydrogen-bond acceptors (Lipinski definition) is 5. The third kappa shape index (κ3) is 5.70. The van der Waals surface area contributed by atoms with Crippen LogP contribution >= 0.6 is 0 Å². The van der Waals surface area contributed by atoms with Crippen LogP contribution in [0, 0.1) is 29.2 Å². The predicted molar refractivity (Wildman–Crippen MR) is 127 cm³/mol. The Morgan fingerprint density at radius 1 is 1.15 bits per heavy atom. The van der Waals surface area contributed by atoms with Crippen molar-refractivity contribution in [1.82, 2.24) is 14.9 Å². The molecule has 1 fully saturated rings. The topological polar surface area (TPSA) is 87.5 Å². The highest BCUT2D eigenvalue weighted by Crippen LogP contribution is 2.40. The minimum absolute atomic E-state index is 0.115. The van der Waals surface area contributed by atoms with E-state index in [0.29, 0.717) is 29.0 Å². The Bertz CT molecular complexity index is 1460. The van der Waals surface area contributed by atoms with Gasteiger partial charge in [0.25, 0.3) is 5.91 Å². The fourth-order valence-electron chi connectivity index (χ4n) is 4.33. The lowest BCUT2D eigenvalue weighted by molar-refractivity contribution is -0.158. The average molecular weight is 560 g/mol. The highest BCUT2D eigenvalue weighted by molar-refractivity contribution is 5.97. The van der Waals surface area contributed by atoms with Gasteiger partial charge >= 0.3 is 6.18 Å². The van der Waals surface area contributed by atoms with Crippen LogP contribution in [-0.2, 0) is 0 Å². The number of aromatic nitrogens is 2. The first kappa shape index (κ1) is 28.3. The van der Waals surface area contributed by atoms with Crippen molar-refractivity contribution in [3.05, 3.63) is 63.5 Å². The van der Waals surface area contributed by atoms with Crippen molar-refractivity contribution in [1.29, 1.82) is 0 Å². The zero-order valence-corrected chi connectivity index (χ0v) is 20.6. The number of nitrogens with one attached hydrogen (secondary N) is 1. The van der Waals surface area contributed by atoms with Gasteiger partial charge in [-0.15, -0.1) is 0 Å². The molecule has 2 heterocycles. The minimum Gasteiger partial charge on any atom is -0.392 e. The van der Waals surface area contributed by atoms with Gasteiger partial charge in [-0.3, -0.25) is 14.2 Å². The summed E-state index contributed by atoms with van der Waals surface area (Å²) < 4.78 is 99.6. The number of nitrogens with zero attached hydrogens (tertiary/aromatic N) is 3. The maximum atomic E-state index is 15.2. The molecule has 4 rings (SSSR count). The summed E-state index contributed by atoms with van der Waals surface area (Å²) in [5.41, 5.74) is -3.77. The molecule has 2 aromatic heterocycles. The van der Waals surface area contributed by atoms with Gasteiger partial charge in [0.2, 0.25) is 5.43 Å². The van der Waals surface area contributed by atoms with Crippen molar-refractivity contribution >= 4 is 22.8 Å². The second kappa shape index (κ2) is 10.5. The number of amides is 1. The van der Waals surface area contributed by atoms with Crippen molar-refractivity contribution < 1.29 is 40.6 Å². The van der Waals surface area contributed by atoms with Gasteiger partial charge in [-0.2, -0.15) is 13.2 Å². The van der Waals surface area contributed by atoms with Crippen molar-refractivity contribution in [3.63, 3.8) is 0 Å². The number of anilines is 1. The molecule has 1 amide bonds. The first-order chi connectivity index (χ1) is 18.2. The summed E-state index contributed by atoms with van der Waals surface area (Å²) in [6, 6.07) is -1.01. The van der Waals surface area contributed by atoms with E-state index in [-0.39, 0.29) is 25.9 Å². The molecule has 2 atom stereocenters. The van der Waals surface area contributed by atoms with Crippen LogP contribution < -0.4 is 15.6 Å². The minimum atomic E-state index is -4.84. The van der Waals surface area contributed by atoms with E-state index in [1.165, 1.54) is 11.8 Å². The molecule has 39 heavy (non-hydrogen) atoms. The van der Waals surface area contributed by atoms with E-state index in [1.807, 2.05) is 0 Å². The van der Waals surface area contributed by atoms with E-state index in [0.717, 1.165) is 0 Å². The van der Waals surface area contributed by atoms with E-state index in [4.69, 9.17) is 0 Å². The number of aliphatic hydroxyl groups excluding tert-OH is 1. The standard InChI is InChI=1S/C25H23F7N4O3/c1-3-35(9-11(2)37)23-18(29)8-14-20(38)15(24(39)33-21(12-4-5-12)25(30,31)32)10-36(22(14)34-23)19-16(27)6-13(26)7-17(19)28/h6-8,10-12,21,37H,3-5,9H2,1-2H3,(H,33,39)/t11?,21-/m0/s1. The van der Waals surface area contributed by atoms with Crippen LogP contribution in [0.15, 0.2) is 29.2 Å². The summed E-state index contributed by atoms with van der Waals surface area (Å²) in [5.74, 6) is -8.18. The van der Waals surface area contributed by atoms with E-state index in [9.17, 15) is 41.0 Å². The van der Waals surface area contributed by atoms with Crippen LogP contribution in [0.3, 0.4) is 0 Å². The molecular formula is C25H23F7N4O3. The first-order valence-corrected chi connectivity index (χ1v) is 11.9. The molecule has 1 aliphatic carbocycles. The second-order valence-electron chi connectivity index (χ2n) is 9.34. The van der Waals surface area contributed by atoms with Crippen molar-refractivity contribution in [3.8, 4) is 5.69 Å². The Morgan fingerprint density at radius 3 is 2.28 bits per heavy atom. The fourth-order valence-corrected chi connectivity index (χ4v) is 4.33. The highest BCUT2D eigenvalue weighted by Gasteiger charge is 2.50. The lowest BCUT2D eigenvalue weighted by Gasteiger charge is -2.25. The van der Waals surface area contributed by atoms with E-state index in [2.05, 4.69) is 4.98 Å². The van der Waals surface area contributed by atoms with Crippen molar-refractivity contribution in [2.75, 3.05) is 18.0 Å². The van der Waals surface area contributed by atoms with Crippen LogP contribution in [0.2, 0.25) is 0 Å². The summed E-state index contributed by atoms with van der Waals surface area (Å²) in [6.45, 7) is 3.02. The number of carbonyl (C=O) groups is 1. The third-order valence-electron chi connectivity index (χ3n) is 6.28. The maximum Gasteiger partial charge on any atom is 0.408 e. The van der Waals surface area contributed by atoms with Gasteiger partial charge in [0.1, 0.15) is 23.1 Å². The number of fused-ring (bicyclic) bond motifs is 1. The Morgan fingerprint density at radius 2 is 1.77 bits per heavy atom. The molecule has 7 nitrogen and oxygen atoms in total. The summed E-state index contributed by atoms with van der Waals surface area (Å²) in [7, 11) is 0. The number of rotatable bonds is 8. The number of aliphatic hydroxyl groups is 1. The van der Waals surface area contributed by atoms with Crippen LogP contribution in [-0.4, -0.2) is 52.0 Å². The van der Waals surface area contributed by atoms with Crippen molar-refractivity contribution in [2.45, 2.75) is 45.0 Å². The van der Waals surface area contributed by atoms with Gasteiger partial charge in [0.15, 0.2) is 28.9 Å². The number of carbonyl (C=O) groups excluding carboxylic acids is 1. The van der Waals surface area contributed by atoms with Gasteiger partial charge < -0.3 is 15.3 Å². The molecule has 2 N–H and O–H groups in total. The summed E-state index contributed by atoms with van der Waals surface area (Å²) in [5, 5.41) is 10.8. The van der Waals surface area contributed by atoms with Crippen LogP contribution in [0.4, 0.5) is 36.6 Å². The molecule has 0 radical (unpaired) electrons. The number of hydrogen-bond donors (Lipinski definition) is 2. The van der Waals surface area contributed by atoms with Crippen LogP contribution in [0.25, 0.3) is 16.7 Å². The second-order valence-corrected chi connectivity index (χ2v) is 9.34. The molecular weight excluding hydrogens is 537 g/mol. The van der Waals surface area contributed by atoms with E-state index < -0.39 is 86.9 Å². The maximum absolute atomic E-state index is 15.2. The number of halogens is 7. The molecule has 1 saturated carbocycles. The summed E-state index contributed by atoms with van der Waals surface area (Å²) in [6.07, 6.45) is -4.82. The van der Waals surface area contributed by atoms with E-state index >= 15 is 4.39 Å². The molecule has 1 aromatic carbocycles. The quantitative estimate of drug-likeness (QED) is 0.403. The first-order valence-electron chi connectivity index (χ1n) is 11.9. The molecule has 1 aliphatic rings. The molecule has 0 saturated heterocycles. The number of pyridine rings is 2. The SMILES string of the molecule is CCN(CC(C)O)c1nc2c(cc1F)c(=O)c(C(=O)N[C@@H](C1CC1)C(F)(F)F)cn2-c1c(F)cc(F)cc1F. The Labute approximate surface area is 216 Å². The lowest BCUT2D eigenvalue weighted by Crippen LogP contribution is -2.48. The molecule has 0 spiro atoms. The normalized spacial score (nSPS) is 15.3. The number of likely N-dealkylation sites (N-methyl/N-ethyl adjacent to an activating group) is 1. The van der Waals surface area contributed by atoms with Gasteiger partial charge in [0.05, 0.1) is 11.5 Å². The Hall–Kier alpha value is -3.68. The molecule has 210 valence electrons. The summed E-state index contributed by atoms with van der Waals surface area (Å²) >= 11 is 0. The smallest absolute Gasteiger partial charge is 0.392 e. The zero-order valence-electron chi connectivity index (χ0n) is 20.6. The zero-order chi connectivity index (χ0) is 28.8. The number of benzene rings is 1. The molecule has 1 unspecified atom stereocenters. The largest absolute Gasteiger partial charge is 0.408 e. The van der Waals surface area contributed by atoms with E-state index in [1.54, 1.807) is 12.2 Å². The lowest BCUT2D eigenvalue weighted by atomic mass is 10.1. The van der Waals surface area contributed by atoms with Crippen molar-refractivity contribution in [2.24, 2.45) is 5.92 Å². The predicted octanol–water partition coefficient (Wildman–Crippen LogP) is 4.22. The third-order valence-corrected chi connectivity index (χ3v) is 6.28. The molecule has 3 aromatic rings. The molecule has 0 bridgehead atoms. The molecule has 0 aliphatic heterocycles. The average Bonchev–Trinajstić information content (AvgIpc) is 3.66. The monoisotopic (exact) mass is 560 g/mol. The number of alkyl halides is 3. The Balaban J connectivity index is 1.98. The van der Waals surface area contributed by atoms with Gasteiger partial charge in [-0.05, 0) is 38.7 Å². The van der Waals surface area contributed by atoms with Gasteiger partial charge in [0, 0.05) is 31.4 Å². The highest BCUT2D eigenvalue weighted by atomic mass is 19.4.